The number of thioether (sulfide) groups is 1. The topological polar surface area (TPSA) is 64.3 Å². The van der Waals surface area contributed by atoms with E-state index in [1.165, 1.54) is 0 Å². The second-order valence-electron chi connectivity index (χ2n) is 4.67. The Kier molecular flexibility index (Phi) is 6.73. The van der Waals surface area contributed by atoms with Crippen molar-refractivity contribution in [3.63, 3.8) is 0 Å². The number of carbonyl (C=O) groups excluding carboxylic acids is 1. The van der Waals surface area contributed by atoms with Crippen molar-refractivity contribution in [3.8, 4) is 5.75 Å². The molecule has 0 radical (unpaired) electrons. The Balaban J connectivity index is 2.32. The molecule has 0 aliphatic rings. The fraction of sp³-hybridized carbons (Fsp3) is 0.500. The van der Waals surface area contributed by atoms with Gasteiger partial charge in [0, 0.05) is 16.6 Å². The van der Waals surface area contributed by atoms with Gasteiger partial charge in [-0.15, -0.1) is 0 Å². The van der Waals surface area contributed by atoms with Gasteiger partial charge >= 0.3 is 0 Å². The molecule has 1 rings (SSSR count). The lowest BCUT2D eigenvalue weighted by Crippen LogP contribution is -2.29. The van der Waals surface area contributed by atoms with Gasteiger partial charge in [-0.25, -0.2) is 5.84 Å². The van der Waals surface area contributed by atoms with E-state index in [0.717, 1.165) is 11.5 Å². The second kappa shape index (κ2) is 8.07. The normalized spacial score (nSPS) is 12.3. The van der Waals surface area contributed by atoms with Crippen LogP contribution in [0.1, 0.15) is 31.1 Å². The number of nitrogens with one attached hydrogen (secondary N) is 1. The monoisotopic (exact) mass is 282 g/mol. The molecule has 0 aromatic heterocycles. The molecule has 1 atom stereocenters. The molecule has 0 saturated carbocycles. The van der Waals surface area contributed by atoms with Gasteiger partial charge in [-0.3, -0.25) is 10.2 Å². The van der Waals surface area contributed by atoms with Crippen LogP contribution in [0.5, 0.6) is 5.75 Å². The van der Waals surface area contributed by atoms with E-state index in [0.29, 0.717) is 23.3 Å². The summed E-state index contributed by atoms with van der Waals surface area (Å²) in [5, 5.41) is 0.638. The summed E-state index contributed by atoms with van der Waals surface area (Å²) >= 11 is 1.91. The van der Waals surface area contributed by atoms with E-state index in [9.17, 15) is 4.79 Å². The zero-order chi connectivity index (χ0) is 14.3. The average molecular weight is 282 g/mol. The third-order valence-electron chi connectivity index (χ3n) is 2.92. The van der Waals surface area contributed by atoms with Crippen molar-refractivity contribution in [2.75, 3.05) is 12.4 Å². The maximum atomic E-state index is 11.2. The molecule has 0 saturated heterocycles. The minimum Gasteiger partial charge on any atom is -0.493 e. The maximum Gasteiger partial charge on any atom is 0.265 e. The quantitative estimate of drug-likeness (QED) is 0.349. The molecule has 0 aliphatic carbocycles. The summed E-state index contributed by atoms with van der Waals surface area (Å²) < 4.78 is 5.62. The highest BCUT2D eigenvalue weighted by Crippen LogP contribution is 2.19. The van der Waals surface area contributed by atoms with Crippen LogP contribution in [0.25, 0.3) is 0 Å². The van der Waals surface area contributed by atoms with Crippen molar-refractivity contribution < 1.29 is 9.53 Å². The molecule has 1 amide bonds. The zero-order valence-electron chi connectivity index (χ0n) is 11.7. The number of nitrogens with two attached hydrogens (primary N) is 1. The predicted octanol–water partition coefficient (Wildman–Crippen LogP) is 2.45. The molecule has 106 valence electrons. The van der Waals surface area contributed by atoms with Crippen LogP contribution in [0.2, 0.25) is 0 Å². The van der Waals surface area contributed by atoms with E-state index in [1.54, 1.807) is 24.3 Å². The summed E-state index contributed by atoms with van der Waals surface area (Å²) in [4.78, 5) is 11.2. The van der Waals surface area contributed by atoms with E-state index >= 15 is 0 Å². The van der Waals surface area contributed by atoms with Gasteiger partial charge in [0.2, 0.25) is 0 Å². The molecule has 1 aromatic rings. The first-order chi connectivity index (χ1) is 9.04. The van der Waals surface area contributed by atoms with E-state index in [-0.39, 0.29) is 5.91 Å². The van der Waals surface area contributed by atoms with Crippen molar-refractivity contribution in [1.82, 2.24) is 5.43 Å². The van der Waals surface area contributed by atoms with Gasteiger partial charge in [0.15, 0.2) is 0 Å². The number of amides is 1. The van der Waals surface area contributed by atoms with Gasteiger partial charge in [0.05, 0.1) is 6.61 Å². The van der Waals surface area contributed by atoms with Gasteiger partial charge in [-0.1, -0.05) is 20.8 Å². The summed E-state index contributed by atoms with van der Waals surface area (Å²) in [6.45, 7) is 7.35. The first-order valence-electron chi connectivity index (χ1n) is 6.40. The molecule has 5 heteroatoms. The van der Waals surface area contributed by atoms with Crippen molar-refractivity contribution in [3.05, 3.63) is 29.8 Å². The standard InChI is InChI=1S/C14H22N2O2S/c1-10(2)11(3)19-9-8-18-13-6-4-12(5-7-13)14(17)16-15/h4-7,10-11H,8-9,15H2,1-3H3,(H,16,17). The lowest BCUT2D eigenvalue weighted by Gasteiger charge is -2.15. The fourth-order valence-electron chi connectivity index (χ4n) is 1.37. The Bertz CT molecular complexity index is 393. The van der Waals surface area contributed by atoms with Gasteiger partial charge in [-0.2, -0.15) is 11.8 Å². The highest BCUT2D eigenvalue weighted by molar-refractivity contribution is 7.99. The molecule has 0 heterocycles. The van der Waals surface area contributed by atoms with Crippen LogP contribution in [0.3, 0.4) is 0 Å². The number of benzene rings is 1. The highest BCUT2D eigenvalue weighted by Gasteiger charge is 2.07. The van der Waals surface area contributed by atoms with Crippen LogP contribution >= 0.6 is 11.8 Å². The number of rotatable bonds is 7. The van der Waals surface area contributed by atoms with Crippen molar-refractivity contribution in [2.24, 2.45) is 11.8 Å². The average Bonchev–Trinajstić information content (AvgIpc) is 2.43. The van der Waals surface area contributed by atoms with Gasteiger partial charge < -0.3 is 4.74 Å². The van der Waals surface area contributed by atoms with Crippen molar-refractivity contribution >= 4 is 17.7 Å². The van der Waals surface area contributed by atoms with Crippen molar-refractivity contribution in [1.29, 1.82) is 0 Å². The molecule has 1 unspecified atom stereocenters. The number of carbonyl (C=O) groups is 1. The molecular weight excluding hydrogens is 260 g/mol. The van der Waals surface area contributed by atoms with Gasteiger partial charge in [0.25, 0.3) is 5.91 Å². The molecule has 0 spiro atoms. The van der Waals surface area contributed by atoms with Gasteiger partial charge in [-0.05, 0) is 30.2 Å². The fourth-order valence-corrected chi connectivity index (χ4v) is 2.31. The molecule has 0 fully saturated rings. The first kappa shape index (κ1) is 15.9. The third-order valence-corrected chi connectivity index (χ3v) is 4.39. The summed E-state index contributed by atoms with van der Waals surface area (Å²) in [5.74, 6) is 7.17. The summed E-state index contributed by atoms with van der Waals surface area (Å²) in [5.41, 5.74) is 2.62. The lowest BCUT2D eigenvalue weighted by atomic mass is 10.2. The lowest BCUT2D eigenvalue weighted by molar-refractivity contribution is 0.0953. The number of nitrogen functional groups attached to an aromatic ring is 1. The Morgan fingerprint density at radius 1 is 1.32 bits per heavy atom. The zero-order valence-corrected chi connectivity index (χ0v) is 12.5. The number of hydrogen-bond donors (Lipinski definition) is 2. The molecular formula is C14H22N2O2S. The van der Waals surface area contributed by atoms with Crippen molar-refractivity contribution in [2.45, 2.75) is 26.0 Å². The van der Waals surface area contributed by atoms with Crippen LogP contribution in [0, 0.1) is 5.92 Å². The van der Waals surface area contributed by atoms with Crippen LogP contribution in [-0.4, -0.2) is 23.5 Å². The molecule has 3 N–H and O–H groups in total. The molecule has 0 bridgehead atoms. The maximum absolute atomic E-state index is 11.2. The Labute approximate surface area is 119 Å². The smallest absolute Gasteiger partial charge is 0.265 e. The molecule has 4 nitrogen and oxygen atoms in total. The predicted molar refractivity (Wildman–Crippen MR) is 80.3 cm³/mol. The van der Waals surface area contributed by atoms with E-state index < -0.39 is 0 Å². The second-order valence-corrected chi connectivity index (χ2v) is 6.15. The van der Waals surface area contributed by atoms with Gasteiger partial charge in [0.1, 0.15) is 5.75 Å². The molecule has 0 aliphatic heterocycles. The van der Waals surface area contributed by atoms with Crippen LogP contribution < -0.4 is 16.0 Å². The Morgan fingerprint density at radius 2 is 1.95 bits per heavy atom. The minimum absolute atomic E-state index is 0.298. The summed E-state index contributed by atoms with van der Waals surface area (Å²) in [6.07, 6.45) is 0. The summed E-state index contributed by atoms with van der Waals surface area (Å²) in [7, 11) is 0. The summed E-state index contributed by atoms with van der Waals surface area (Å²) in [6, 6.07) is 6.95. The van der Waals surface area contributed by atoms with Crippen LogP contribution in [0.4, 0.5) is 0 Å². The SMILES string of the molecule is CC(C)C(C)SCCOc1ccc(C(=O)NN)cc1. The largest absolute Gasteiger partial charge is 0.493 e. The molecule has 19 heavy (non-hydrogen) atoms. The van der Waals surface area contributed by atoms with E-state index in [1.807, 2.05) is 11.8 Å². The van der Waals surface area contributed by atoms with E-state index in [4.69, 9.17) is 10.6 Å². The highest BCUT2D eigenvalue weighted by atomic mass is 32.2. The first-order valence-corrected chi connectivity index (χ1v) is 7.45. The number of ether oxygens (including phenoxy) is 1. The molecule has 1 aromatic carbocycles. The number of hydrogen-bond acceptors (Lipinski definition) is 4. The Hall–Kier alpha value is -1.20. The minimum atomic E-state index is -0.298. The Morgan fingerprint density at radius 3 is 2.47 bits per heavy atom. The van der Waals surface area contributed by atoms with Crippen LogP contribution in [0.15, 0.2) is 24.3 Å². The van der Waals surface area contributed by atoms with E-state index in [2.05, 4.69) is 26.2 Å². The third kappa shape index (κ3) is 5.53. The van der Waals surface area contributed by atoms with Crippen LogP contribution in [-0.2, 0) is 0 Å². The number of hydrazine groups is 1.